The third kappa shape index (κ3) is 6.37. The van der Waals surface area contributed by atoms with E-state index in [0.717, 1.165) is 11.1 Å². The Morgan fingerprint density at radius 2 is 1.62 bits per heavy atom. The second-order valence-electron chi connectivity index (χ2n) is 9.55. The van der Waals surface area contributed by atoms with E-state index in [4.69, 9.17) is 9.84 Å². The number of hydrogen-bond donors (Lipinski definition) is 3. The molecule has 182 valence electrons. The van der Waals surface area contributed by atoms with Crippen LogP contribution in [-0.2, 0) is 14.3 Å². The quantitative estimate of drug-likeness (QED) is 0.445. The smallest absolute Gasteiger partial charge is 0.407 e. The van der Waals surface area contributed by atoms with Crippen LogP contribution in [0.4, 0.5) is 4.79 Å². The molecule has 2 aromatic rings. The van der Waals surface area contributed by atoms with E-state index in [1.54, 1.807) is 0 Å². The lowest BCUT2D eigenvalue weighted by molar-refractivity contribution is -0.137. The molecule has 3 rings (SSSR count). The van der Waals surface area contributed by atoms with E-state index in [0.29, 0.717) is 25.8 Å². The number of amides is 2. The summed E-state index contributed by atoms with van der Waals surface area (Å²) in [5.41, 5.74) is 3.99. The van der Waals surface area contributed by atoms with E-state index in [-0.39, 0.29) is 30.9 Å². The Labute approximate surface area is 200 Å². The van der Waals surface area contributed by atoms with Crippen molar-refractivity contribution in [1.29, 1.82) is 0 Å². The molecule has 0 saturated carbocycles. The molecule has 0 radical (unpaired) electrons. The molecule has 7 nitrogen and oxygen atoms in total. The van der Waals surface area contributed by atoms with Gasteiger partial charge in [-0.15, -0.1) is 0 Å². The van der Waals surface area contributed by atoms with Crippen LogP contribution in [0, 0.1) is 5.41 Å². The fourth-order valence-corrected chi connectivity index (χ4v) is 4.29. The Morgan fingerprint density at radius 3 is 2.21 bits per heavy atom. The standard InChI is InChI=1S/C27H34N2O5/c1-18(9-8-14-24(30)31)29-25(32)27(2,3)15-16-28-26(33)34-17-23-21-12-6-4-10-19(21)20-11-5-7-13-22(20)23/h4-7,10-13,18,23H,8-9,14-17H2,1-3H3,(H,28,33)(H,29,32)(H,30,31). The van der Waals surface area contributed by atoms with Crippen molar-refractivity contribution in [1.82, 2.24) is 10.6 Å². The first-order valence-corrected chi connectivity index (χ1v) is 11.8. The Balaban J connectivity index is 1.44. The summed E-state index contributed by atoms with van der Waals surface area (Å²) in [5.74, 6) is -0.953. The molecule has 1 atom stereocenters. The van der Waals surface area contributed by atoms with E-state index < -0.39 is 17.5 Å². The minimum Gasteiger partial charge on any atom is -0.481 e. The van der Waals surface area contributed by atoms with Crippen molar-refractivity contribution < 1.29 is 24.2 Å². The molecule has 0 fully saturated rings. The lowest BCUT2D eigenvalue weighted by Gasteiger charge is -2.26. The maximum Gasteiger partial charge on any atom is 0.407 e. The minimum atomic E-state index is -0.835. The topological polar surface area (TPSA) is 105 Å². The molecular formula is C27H34N2O5. The highest BCUT2D eigenvalue weighted by atomic mass is 16.5. The number of fused-ring (bicyclic) bond motifs is 3. The van der Waals surface area contributed by atoms with Gasteiger partial charge in [0.05, 0.1) is 0 Å². The summed E-state index contributed by atoms with van der Waals surface area (Å²) < 4.78 is 5.54. The number of nitrogens with one attached hydrogen (secondary N) is 2. The van der Waals surface area contributed by atoms with Crippen molar-refractivity contribution in [2.24, 2.45) is 5.41 Å². The zero-order chi connectivity index (χ0) is 24.7. The average molecular weight is 467 g/mol. The predicted molar refractivity (Wildman–Crippen MR) is 131 cm³/mol. The van der Waals surface area contributed by atoms with Gasteiger partial charge in [-0.25, -0.2) is 4.79 Å². The first-order valence-electron chi connectivity index (χ1n) is 11.8. The molecule has 2 amide bonds. The van der Waals surface area contributed by atoms with Crippen LogP contribution in [0.1, 0.15) is 63.5 Å². The fourth-order valence-electron chi connectivity index (χ4n) is 4.29. The van der Waals surface area contributed by atoms with Gasteiger partial charge in [-0.2, -0.15) is 0 Å². The second-order valence-corrected chi connectivity index (χ2v) is 9.55. The zero-order valence-corrected chi connectivity index (χ0v) is 20.1. The van der Waals surface area contributed by atoms with Gasteiger partial charge in [0.1, 0.15) is 6.61 Å². The van der Waals surface area contributed by atoms with Gasteiger partial charge in [-0.1, -0.05) is 62.4 Å². The third-order valence-corrected chi connectivity index (χ3v) is 6.38. The van der Waals surface area contributed by atoms with E-state index in [2.05, 4.69) is 34.9 Å². The van der Waals surface area contributed by atoms with Crippen molar-refractivity contribution in [3.05, 3.63) is 59.7 Å². The van der Waals surface area contributed by atoms with Crippen LogP contribution in [0.15, 0.2) is 48.5 Å². The van der Waals surface area contributed by atoms with Gasteiger partial charge in [0, 0.05) is 30.3 Å². The molecule has 34 heavy (non-hydrogen) atoms. The van der Waals surface area contributed by atoms with Gasteiger partial charge < -0.3 is 20.5 Å². The molecule has 0 aliphatic heterocycles. The molecule has 2 aromatic carbocycles. The van der Waals surface area contributed by atoms with Gasteiger partial charge >= 0.3 is 12.1 Å². The van der Waals surface area contributed by atoms with Gasteiger partial charge in [0.2, 0.25) is 5.91 Å². The zero-order valence-electron chi connectivity index (χ0n) is 20.1. The summed E-state index contributed by atoms with van der Waals surface area (Å²) in [4.78, 5) is 35.6. The number of aliphatic carboxylic acids is 1. The number of benzene rings is 2. The van der Waals surface area contributed by atoms with E-state index in [9.17, 15) is 14.4 Å². The highest BCUT2D eigenvalue weighted by Gasteiger charge is 2.30. The summed E-state index contributed by atoms with van der Waals surface area (Å²) in [6.07, 6.45) is 1.16. The summed E-state index contributed by atoms with van der Waals surface area (Å²) in [5, 5.41) is 14.4. The van der Waals surface area contributed by atoms with Crippen molar-refractivity contribution in [3.8, 4) is 11.1 Å². The normalized spacial score (nSPS) is 13.5. The Bertz CT molecular complexity index is 988. The number of carboxylic acids is 1. The van der Waals surface area contributed by atoms with Crippen LogP contribution in [0.3, 0.4) is 0 Å². The van der Waals surface area contributed by atoms with Crippen LogP contribution in [0.25, 0.3) is 11.1 Å². The lowest BCUT2D eigenvalue weighted by atomic mass is 9.88. The third-order valence-electron chi connectivity index (χ3n) is 6.38. The molecule has 3 N–H and O–H groups in total. The first-order chi connectivity index (χ1) is 16.2. The number of alkyl carbamates (subject to hydrolysis) is 1. The summed E-state index contributed by atoms with van der Waals surface area (Å²) in [7, 11) is 0. The van der Waals surface area contributed by atoms with E-state index >= 15 is 0 Å². The van der Waals surface area contributed by atoms with Crippen LogP contribution in [0.5, 0.6) is 0 Å². The molecule has 7 heteroatoms. The number of carbonyl (C=O) groups excluding carboxylic acids is 2. The summed E-state index contributed by atoms with van der Waals surface area (Å²) >= 11 is 0. The molecule has 0 saturated heterocycles. The van der Waals surface area contributed by atoms with E-state index in [1.165, 1.54) is 11.1 Å². The highest BCUT2D eigenvalue weighted by molar-refractivity contribution is 5.82. The molecule has 0 spiro atoms. The van der Waals surface area contributed by atoms with Crippen LogP contribution in [0.2, 0.25) is 0 Å². The van der Waals surface area contributed by atoms with Gasteiger partial charge in [0.15, 0.2) is 0 Å². The largest absolute Gasteiger partial charge is 0.481 e. The van der Waals surface area contributed by atoms with Gasteiger partial charge in [-0.3, -0.25) is 9.59 Å². The van der Waals surface area contributed by atoms with Crippen molar-refractivity contribution in [3.63, 3.8) is 0 Å². The maximum absolute atomic E-state index is 12.6. The second kappa shape index (κ2) is 11.2. The number of carbonyl (C=O) groups is 3. The molecule has 1 aliphatic rings. The van der Waals surface area contributed by atoms with Gasteiger partial charge in [-0.05, 0) is 48.4 Å². The monoisotopic (exact) mass is 466 g/mol. The molecule has 0 bridgehead atoms. The van der Waals surface area contributed by atoms with Crippen LogP contribution >= 0.6 is 0 Å². The lowest BCUT2D eigenvalue weighted by Crippen LogP contribution is -2.43. The summed E-state index contributed by atoms with van der Waals surface area (Å²) in [6, 6.07) is 16.2. The predicted octanol–water partition coefficient (Wildman–Crippen LogP) is 4.70. The minimum absolute atomic E-state index is 0.00276. The Hall–Kier alpha value is -3.35. The first kappa shape index (κ1) is 25.3. The number of carboxylic acid groups (broad SMARTS) is 1. The van der Waals surface area contributed by atoms with E-state index in [1.807, 2.05) is 45.0 Å². The fraction of sp³-hybridized carbons (Fsp3) is 0.444. The molecule has 0 aromatic heterocycles. The van der Waals surface area contributed by atoms with Crippen molar-refractivity contribution in [2.75, 3.05) is 13.2 Å². The Kier molecular flexibility index (Phi) is 8.31. The average Bonchev–Trinajstić information content (AvgIpc) is 3.11. The highest BCUT2D eigenvalue weighted by Crippen LogP contribution is 2.44. The number of rotatable bonds is 11. The van der Waals surface area contributed by atoms with Crippen LogP contribution in [-0.4, -0.2) is 42.3 Å². The van der Waals surface area contributed by atoms with Crippen LogP contribution < -0.4 is 10.6 Å². The van der Waals surface area contributed by atoms with Crippen molar-refractivity contribution in [2.45, 2.75) is 58.4 Å². The van der Waals surface area contributed by atoms with Crippen molar-refractivity contribution >= 4 is 18.0 Å². The molecular weight excluding hydrogens is 432 g/mol. The molecule has 1 unspecified atom stereocenters. The SMILES string of the molecule is CC(CCCC(=O)O)NC(=O)C(C)(C)CCNC(=O)OCC1c2ccccc2-c2ccccc21. The molecule has 1 aliphatic carbocycles. The number of ether oxygens (including phenoxy) is 1. The van der Waals surface area contributed by atoms with Gasteiger partial charge in [0.25, 0.3) is 0 Å². The Morgan fingerprint density at radius 1 is 1.03 bits per heavy atom. The maximum atomic E-state index is 12.6. The number of hydrogen-bond acceptors (Lipinski definition) is 4. The summed E-state index contributed by atoms with van der Waals surface area (Å²) in [6.45, 7) is 6.07. The molecule has 0 heterocycles.